The van der Waals surface area contributed by atoms with Crippen molar-refractivity contribution in [1.82, 2.24) is 34.4 Å². The molecule has 2 fully saturated rings. The van der Waals surface area contributed by atoms with E-state index in [4.69, 9.17) is 10.7 Å². The number of aromatic nitrogens is 6. The van der Waals surface area contributed by atoms with Crippen LogP contribution in [-0.4, -0.2) is 60.6 Å². The molecule has 2 aliphatic rings. The Balaban J connectivity index is 1.18. The molecule has 2 N–H and O–H groups in total. The number of rotatable bonds is 4. The van der Waals surface area contributed by atoms with Crippen molar-refractivity contribution < 1.29 is 0 Å². The lowest BCUT2D eigenvalue weighted by Crippen LogP contribution is -2.46. The summed E-state index contributed by atoms with van der Waals surface area (Å²) in [5.74, 6) is 3.86. The van der Waals surface area contributed by atoms with E-state index in [0.717, 1.165) is 60.2 Å². The van der Waals surface area contributed by atoms with Crippen LogP contribution >= 0.6 is 0 Å². The van der Waals surface area contributed by atoms with Gasteiger partial charge in [-0.15, -0.1) is 10.2 Å². The lowest BCUT2D eigenvalue weighted by Gasteiger charge is -2.34. The minimum atomic E-state index is 0.545. The zero-order chi connectivity index (χ0) is 20.1. The summed E-state index contributed by atoms with van der Waals surface area (Å²) in [5, 5.41) is 9.77. The third-order valence-electron chi connectivity index (χ3n) is 5.99. The van der Waals surface area contributed by atoms with E-state index in [0.29, 0.717) is 18.3 Å². The number of hydrogen-bond donors (Lipinski definition) is 1. The van der Waals surface area contributed by atoms with Gasteiger partial charge >= 0.3 is 0 Å². The van der Waals surface area contributed by atoms with E-state index in [-0.39, 0.29) is 0 Å². The molecule has 152 valence electrons. The smallest absolute Gasteiger partial charge is 0.203 e. The molecule has 1 aliphatic carbocycles. The Morgan fingerprint density at radius 1 is 1.00 bits per heavy atom. The molecule has 0 unspecified atom stereocenters. The summed E-state index contributed by atoms with van der Waals surface area (Å²) in [6.07, 6.45) is 6.25. The molecular formula is C21H23N9. The maximum absolute atomic E-state index is 6.14. The Kier molecular flexibility index (Phi) is 4.02. The van der Waals surface area contributed by atoms with E-state index < -0.39 is 0 Å². The summed E-state index contributed by atoms with van der Waals surface area (Å²) in [6.45, 7) is 4.25. The molecule has 0 atom stereocenters. The average molecular weight is 401 g/mol. The van der Waals surface area contributed by atoms with E-state index in [1.54, 1.807) is 0 Å². The number of para-hydroxylation sites is 1. The van der Waals surface area contributed by atoms with Crippen molar-refractivity contribution in [1.29, 1.82) is 0 Å². The van der Waals surface area contributed by atoms with Crippen molar-refractivity contribution >= 4 is 28.2 Å². The Bertz CT molecular complexity index is 1220. The van der Waals surface area contributed by atoms with Crippen LogP contribution in [0.4, 0.5) is 11.6 Å². The highest BCUT2D eigenvalue weighted by Gasteiger charge is 2.30. The first-order valence-corrected chi connectivity index (χ1v) is 10.4. The van der Waals surface area contributed by atoms with Crippen LogP contribution in [0, 0.1) is 0 Å². The van der Waals surface area contributed by atoms with Gasteiger partial charge in [0.15, 0.2) is 5.82 Å². The van der Waals surface area contributed by atoms with Gasteiger partial charge in [0.05, 0.1) is 12.1 Å². The molecule has 6 rings (SSSR count). The number of piperazine rings is 1. The number of hydrogen-bond acceptors (Lipinski definition) is 8. The predicted molar refractivity (Wildman–Crippen MR) is 114 cm³/mol. The molecule has 4 aromatic rings. The number of nitrogens with two attached hydrogens (primary N) is 1. The molecule has 4 heterocycles. The van der Waals surface area contributed by atoms with Crippen molar-refractivity contribution in [3.63, 3.8) is 0 Å². The molecule has 1 aromatic carbocycles. The van der Waals surface area contributed by atoms with Crippen molar-refractivity contribution in [3.05, 3.63) is 48.3 Å². The number of fused-ring (bicyclic) bond motifs is 2. The fourth-order valence-corrected chi connectivity index (χ4v) is 4.21. The van der Waals surface area contributed by atoms with Crippen molar-refractivity contribution in [2.75, 3.05) is 36.8 Å². The monoisotopic (exact) mass is 401 g/mol. The molecule has 1 aliphatic heterocycles. The van der Waals surface area contributed by atoms with E-state index in [1.165, 1.54) is 12.8 Å². The minimum absolute atomic E-state index is 0.545. The summed E-state index contributed by atoms with van der Waals surface area (Å²) in [4.78, 5) is 18.5. The lowest BCUT2D eigenvalue weighted by molar-refractivity contribution is 0.244. The van der Waals surface area contributed by atoms with Crippen molar-refractivity contribution in [2.45, 2.75) is 25.3 Å². The fourth-order valence-electron chi connectivity index (χ4n) is 4.21. The average Bonchev–Trinajstić information content (AvgIpc) is 3.52. The largest absolute Gasteiger partial charge is 0.383 e. The minimum Gasteiger partial charge on any atom is -0.383 e. The van der Waals surface area contributed by atoms with Gasteiger partial charge in [-0.2, -0.15) is 0 Å². The Labute approximate surface area is 173 Å². The van der Waals surface area contributed by atoms with Gasteiger partial charge in [0, 0.05) is 49.9 Å². The Morgan fingerprint density at radius 3 is 2.67 bits per heavy atom. The molecule has 0 spiro atoms. The molecule has 0 radical (unpaired) electrons. The highest BCUT2D eigenvalue weighted by atomic mass is 15.3. The summed E-state index contributed by atoms with van der Waals surface area (Å²) in [5.41, 5.74) is 7.90. The highest BCUT2D eigenvalue weighted by Crippen LogP contribution is 2.39. The maximum Gasteiger partial charge on any atom is 0.203 e. The fraction of sp³-hybridized carbons (Fsp3) is 0.381. The third kappa shape index (κ3) is 3.02. The summed E-state index contributed by atoms with van der Waals surface area (Å²) in [6, 6.07) is 7.87. The van der Waals surface area contributed by atoms with Crippen molar-refractivity contribution in [2.24, 2.45) is 0 Å². The zero-order valence-corrected chi connectivity index (χ0v) is 16.6. The van der Waals surface area contributed by atoms with Crippen LogP contribution in [0.15, 0.2) is 36.7 Å². The third-order valence-corrected chi connectivity index (χ3v) is 5.99. The first-order valence-electron chi connectivity index (χ1n) is 10.4. The Morgan fingerprint density at radius 2 is 1.83 bits per heavy atom. The molecule has 9 heteroatoms. The second-order valence-electron chi connectivity index (χ2n) is 8.08. The van der Waals surface area contributed by atoms with Crippen LogP contribution in [-0.2, 0) is 6.54 Å². The number of nitrogen functional groups attached to an aromatic ring is 1. The van der Waals surface area contributed by atoms with Gasteiger partial charge in [-0.3, -0.25) is 9.30 Å². The van der Waals surface area contributed by atoms with Gasteiger partial charge in [-0.05, 0) is 25.0 Å². The quantitative estimate of drug-likeness (QED) is 0.553. The van der Waals surface area contributed by atoms with Crippen LogP contribution in [0.2, 0.25) is 0 Å². The van der Waals surface area contributed by atoms with E-state index in [2.05, 4.69) is 34.4 Å². The molecule has 30 heavy (non-hydrogen) atoms. The van der Waals surface area contributed by atoms with E-state index in [9.17, 15) is 0 Å². The second kappa shape index (κ2) is 6.88. The van der Waals surface area contributed by atoms with Gasteiger partial charge in [-0.25, -0.2) is 15.0 Å². The molecule has 3 aromatic heterocycles. The molecular weight excluding hydrogens is 378 g/mol. The molecule has 9 nitrogen and oxygen atoms in total. The van der Waals surface area contributed by atoms with Crippen LogP contribution in [0.5, 0.6) is 0 Å². The van der Waals surface area contributed by atoms with Crippen LogP contribution < -0.4 is 10.6 Å². The standard InChI is InChI=1S/C21H23N9/c22-18-15-3-1-2-4-16(15)24-17(25-18)13-28-9-11-29(12-10-28)20-21-27-26-19(14-5-6-14)30(21)8-7-23-20/h1-4,7-8,14H,5-6,9-13H2,(H2,22,24,25). The van der Waals surface area contributed by atoms with Crippen molar-refractivity contribution in [3.8, 4) is 0 Å². The first kappa shape index (κ1) is 17.5. The maximum atomic E-state index is 6.14. The first-order chi connectivity index (χ1) is 14.8. The Hall–Kier alpha value is -3.33. The van der Waals surface area contributed by atoms with Gasteiger partial charge in [0.1, 0.15) is 17.5 Å². The normalized spacial score (nSPS) is 17.8. The molecule has 0 bridgehead atoms. The highest BCUT2D eigenvalue weighted by molar-refractivity contribution is 5.87. The predicted octanol–water partition coefficient (Wildman–Crippen LogP) is 1.85. The van der Waals surface area contributed by atoms with Crippen LogP contribution in [0.3, 0.4) is 0 Å². The number of anilines is 2. The number of nitrogens with zero attached hydrogens (tertiary/aromatic N) is 8. The lowest BCUT2D eigenvalue weighted by atomic mass is 10.2. The zero-order valence-electron chi connectivity index (χ0n) is 16.6. The molecule has 1 saturated heterocycles. The van der Waals surface area contributed by atoms with Gasteiger partial charge < -0.3 is 10.6 Å². The van der Waals surface area contributed by atoms with Crippen LogP contribution in [0.25, 0.3) is 16.6 Å². The van der Waals surface area contributed by atoms with E-state index >= 15 is 0 Å². The van der Waals surface area contributed by atoms with Crippen LogP contribution in [0.1, 0.15) is 30.4 Å². The van der Waals surface area contributed by atoms with E-state index in [1.807, 2.05) is 36.7 Å². The van der Waals surface area contributed by atoms with Gasteiger partial charge in [-0.1, -0.05) is 12.1 Å². The van der Waals surface area contributed by atoms with Gasteiger partial charge in [0.2, 0.25) is 5.65 Å². The topological polar surface area (TPSA) is 101 Å². The second-order valence-corrected chi connectivity index (χ2v) is 8.08. The molecule has 1 saturated carbocycles. The summed E-state index contributed by atoms with van der Waals surface area (Å²) < 4.78 is 2.11. The summed E-state index contributed by atoms with van der Waals surface area (Å²) >= 11 is 0. The number of benzene rings is 1. The summed E-state index contributed by atoms with van der Waals surface area (Å²) in [7, 11) is 0. The van der Waals surface area contributed by atoms with Gasteiger partial charge in [0.25, 0.3) is 0 Å². The SMILES string of the molecule is Nc1nc(CN2CCN(c3nccn4c(C5CC5)nnc34)CC2)nc2ccccc12. The molecule has 0 amide bonds.